The molecule has 0 atom stereocenters. The van der Waals surface area contributed by atoms with Crippen molar-refractivity contribution in [2.45, 2.75) is 37.5 Å². The van der Waals surface area contributed by atoms with Gasteiger partial charge in [-0.15, -0.1) is 0 Å². The first kappa shape index (κ1) is 36.3. The molecule has 4 saturated carbocycles. The van der Waals surface area contributed by atoms with E-state index in [1.165, 1.54) is 97.8 Å². The third kappa shape index (κ3) is 5.26. The lowest BCUT2D eigenvalue weighted by Gasteiger charge is -2.61. The van der Waals surface area contributed by atoms with Gasteiger partial charge in [-0.25, -0.2) is 9.97 Å². The molecule has 4 fully saturated rings. The fourth-order valence-corrected chi connectivity index (χ4v) is 13.7. The molecule has 9 aromatic carbocycles. The second kappa shape index (κ2) is 13.9. The zero-order chi connectivity index (χ0) is 41.9. The van der Waals surface area contributed by atoms with E-state index < -0.39 is 0 Å². The number of fused-ring (bicyclic) bond motifs is 6. The number of hydrogen-bond donors (Lipinski definition) is 0. The second-order valence-corrected chi connectivity index (χ2v) is 19.3. The Morgan fingerprint density at radius 2 is 0.859 bits per heavy atom. The fraction of sp³-hybridized carbons (Fsp3) is 0.161. The van der Waals surface area contributed by atoms with Crippen LogP contribution in [-0.2, 0) is 5.41 Å². The summed E-state index contributed by atoms with van der Waals surface area (Å²) >= 11 is 0. The molecule has 5 aliphatic carbocycles. The first-order valence-corrected chi connectivity index (χ1v) is 23.4. The minimum atomic E-state index is 0.0637. The van der Waals surface area contributed by atoms with Crippen molar-refractivity contribution in [2.24, 2.45) is 23.7 Å². The van der Waals surface area contributed by atoms with E-state index in [-0.39, 0.29) is 5.41 Å². The third-order valence-electron chi connectivity index (χ3n) is 16.0. The average Bonchev–Trinajstić information content (AvgIpc) is 3.64. The van der Waals surface area contributed by atoms with Crippen LogP contribution in [0.25, 0.3) is 99.6 Å². The van der Waals surface area contributed by atoms with Crippen LogP contribution in [0.5, 0.6) is 0 Å². The molecule has 4 bridgehead atoms. The molecule has 1 aromatic heterocycles. The van der Waals surface area contributed by atoms with Crippen LogP contribution in [0, 0.1) is 23.7 Å². The van der Waals surface area contributed by atoms with Gasteiger partial charge in [-0.1, -0.05) is 176 Å². The number of nitrogens with zero attached hydrogens (tertiary/aromatic N) is 2. The molecule has 10 aromatic rings. The summed E-state index contributed by atoms with van der Waals surface area (Å²) in [5.41, 5.74) is 16.3. The van der Waals surface area contributed by atoms with Gasteiger partial charge in [0.15, 0.2) is 5.82 Å². The Morgan fingerprint density at radius 1 is 0.344 bits per heavy atom. The quantitative estimate of drug-likeness (QED) is 0.162. The Labute approximate surface area is 374 Å². The summed E-state index contributed by atoms with van der Waals surface area (Å²) in [6.45, 7) is 0. The van der Waals surface area contributed by atoms with Gasteiger partial charge >= 0.3 is 0 Å². The summed E-state index contributed by atoms with van der Waals surface area (Å²) in [5, 5.41) is 7.63. The van der Waals surface area contributed by atoms with Gasteiger partial charge in [0.1, 0.15) is 0 Å². The summed E-state index contributed by atoms with van der Waals surface area (Å²) in [4.78, 5) is 10.7. The zero-order valence-corrected chi connectivity index (χ0v) is 35.7. The normalized spacial score (nSPS) is 21.5. The number of benzene rings is 9. The Balaban J connectivity index is 1.02. The molecule has 5 aliphatic rings. The first-order valence-electron chi connectivity index (χ1n) is 23.4. The van der Waals surface area contributed by atoms with Crippen molar-refractivity contribution in [1.82, 2.24) is 9.97 Å². The molecule has 0 amide bonds. The van der Waals surface area contributed by atoms with Crippen LogP contribution in [0.15, 0.2) is 194 Å². The highest BCUT2D eigenvalue weighted by molar-refractivity contribution is 6.22. The SMILES string of the molecule is c1ccc(-c2ccc(-c3cc(-c4c5ccccc5c(-c5cccc6c5-c5cc7ccccc7cc5C65C6CC7CC(C6)CC5C7)c5ccccc45)nc(-c4ccccc4)n3)cc2)cc1. The van der Waals surface area contributed by atoms with Gasteiger partial charge in [0.2, 0.25) is 0 Å². The zero-order valence-electron chi connectivity index (χ0n) is 35.7. The predicted molar refractivity (Wildman–Crippen MR) is 265 cm³/mol. The molecule has 0 unspecified atom stereocenters. The van der Waals surface area contributed by atoms with E-state index in [0.717, 1.165) is 45.7 Å². The van der Waals surface area contributed by atoms with Crippen LogP contribution in [-0.4, -0.2) is 9.97 Å². The third-order valence-corrected chi connectivity index (χ3v) is 16.0. The highest BCUT2D eigenvalue weighted by Gasteiger charge is 2.62. The van der Waals surface area contributed by atoms with Gasteiger partial charge in [-0.3, -0.25) is 0 Å². The van der Waals surface area contributed by atoms with Crippen molar-refractivity contribution < 1.29 is 0 Å². The molecule has 1 spiro atoms. The summed E-state index contributed by atoms with van der Waals surface area (Å²) in [5.74, 6) is 3.89. The number of rotatable bonds is 5. The van der Waals surface area contributed by atoms with Gasteiger partial charge in [-0.2, -0.15) is 0 Å². The fourth-order valence-electron chi connectivity index (χ4n) is 13.7. The van der Waals surface area contributed by atoms with Crippen molar-refractivity contribution in [3.05, 3.63) is 205 Å². The number of hydrogen-bond acceptors (Lipinski definition) is 2. The van der Waals surface area contributed by atoms with Crippen LogP contribution in [0.2, 0.25) is 0 Å². The molecule has 2 nitrogen and oxygen atoms in total. The van der Waals surface area contributed by atoms with Crippen molar-refractivity contribution in [1.29, 1.82) is 0 Å². The molecule has 0 radical (unpaired) electrons. The topological polar surface area (TPSA) is 25.8 Å². The Kier molecular flexibility index (Phi) is 7.90. The molecule has 0 aliphatic heterocycles. The lowest BCUT2D eigenvalue weighted by molar-refractivity contribution is -0.0398. The lowest BCUT2D eigenvalue weighted by Crippen LogP contribution is -2.55. The van der Waals surface area contributed by atoms with Crippen molar-refractivity contribution in [2.75, 3.05) is 0 Å². The molecule has 0 saturated heterocycles. The van der Waals surface area contributed by atoms with E-state index >= 15 is 0 Å². The predicted octanol–water partition coefficient (Wildman–Crippen LogP) is 16.0. The minimum absolute atomic E-state index is 0.0637. The van der Waals surface area contributed by atoms with Crippen LogP contribution in [0.4, 0.5) is 0 Å². The van der Waals surface area contributed by atoms with Gasteiger partial charge in [0, 0.05) is 22.1 Å². The van der Waals surface area contributed by atoms with E-state index in [1.54, 1.807) is 11.1 Å². The molecular weight excluding hydrogens is 773 g/mol. The van der Waals surface area contributed by atoms with Crippen LogP contribution in [0.3, 0.4) is 0 Å². The van der Waals surface area contributed by atoms with Gasteiger partial charge in [0.25, 0.3) is 0 Å². The summed E-state index contributed by atoms with van der Waals surface area (Å²) < 4.78 is 0. The summed E-state index contributed by atoms with van der Waals surface area (Å²) in [7, 11) is 0. The smallest absolute Gasteiger partial charge is 0.160 e. The lowest BCUT2D eigenvalue weighted by atomic mass is 9.43. The first-order chi connectivity index (χ1) is 31.7. The van der Waals surface area contributed by atoms with E-state index in [2.05, 4.69) is 194 Å². The minimum Gasteiger partial charge on any atom is -0.228 e. The Morgan fingerprint density at radius 3 is 1.50 bits per heavy atom. The Bertz CT molecular complexity index is 3410. The maximum atomic E-state index is 5.47. The van der Waals surface area contributed by atoms with Crippen molar-refractivity contribution >= 4 is 32.3 Å². The molecular formula is C62H46N2. The van der Waals surface area contributed by atoms with Crippen LogP contribution >= 0.6 is 0 Å². The average molecular weight is 819 g/mol. The maximum Gasteiger partial charge on any atom is 0.160 e. The van der Waals surface area contributed by atoms with Crippen LogP contribution in [0.1, 0.15) is 43.2 Å². The standard InChI is InChI=1S/C62H46N2/c1-3-14-40(15-4-1)41-26-28-42(29-27-41)56-37-57(64-61(63-56)43-16-5-2-6-17-43)60-50-22-11-9-20-48(50)58(49-21-10-12-23-51(49)60)52-24-13-25-54-59(52)53-35-44-18-7-8-19-45(44)36-55(53)62(54)46-31-38-30-39(33-46)34-47(62)32-38/h1-29,35-39,46-47H,30-34H2. The van der Waals surface area contributed by atoms with Crippen LogP contribution < -0.4 is 0 Å². The highest BCUT2D eigenvalue weighted by Crippen LogP contribution is 2.70. The summed E-state index contributed by atoms with van der Waals surface area (Å²) in [6, 6.07) is 71.9. The van der Waals surface area contributed by atoms with Gasteiger partial charge in [0.05, 0.1) is 11.4 Å². The van der Waals surface area contributed by atoms with Crippen molar-refractivity contribution in [3.63, 3.8) is 0 Å². The highest BCUT2D eigenvalue weighted by atomic mass is 14.9. The number of aromatic nitrogens is 2. The summed E-state index contributed by atoms with van der Waals surface area (Å²) in [6.07, 6.45) is 6.92. The van der Waals surface area contributed by atoms with Gasteiger partial charge in [-0.05, 0) is 151 Å². The van der Waals surface area contributed by atoms with E-state index in [1.807, 2.05) is 0 Å². The Hall–Kier alpha value is -7.16. The molecule has 304 valence electrons. The largest absolute Gasteiger partial charge is 0.228 e. The van der Waals surface area contributed by atoms with Crippen molar-refractivity contribution in [3.8, 4) is 67.3 Å². The second-order valence-electron chi connectivity index (χ2n) is 19.3. The van der Waals surface area contributed by atoms with E-state index in [9.17, 15) is 0 Å². The molecule has 64 heavy (non-hydrogen) atoms. The molecule has 2 heteroatoms. The van der Waals surface area contributed by atoms with Gasteiger partial charge < -0.3 is 0 Å². The van der Waals surface area contributed by atoms with E-state index in [0.29, 0.717) is 11.8 Å². The molecule has 0 N–H and O–H groups in total. The maximum absolute atomic E-state index is 5.47. The monoisotopic (exact) mass is 818 g/mol. The molecule has 1 heterocycles. The van der Waals surface area contributed by atoms with E-state index in [4.69, 9.17) is 9.97 Å². The molecule has 15 rings (SSSR count).